The van der Waals surface area contributed by atoms with Crippen molar-refractivity contribution in [2.45, 2.75) is 50.6 Å². The number of hydrogen-bond acceptors (Lipinski definition) is 2. The van der Waals surface area contributed by atoms with Crippen molar-refractivity contribution in [3.63, 3.8) is 0 Å². The lowest BCUT2D eigenvalue weighted by Crippen LogP contribution is -2.38. The topological polar surface area (TPSA) is 12.0 Å². The molecule has 0 aromatic heterocycles. The predicted molar refractivity (Wildman–Crippen MR) is 55.7 cm³/mol. The van der Waals surface area contributed by atoms with E-state index in [1.165, 1.54) is 50.0 Å². The molecule has 12 heavy (non-hydrogen) atoms. The zero-order valence-corrected chi connectivity index (χ0v) is 8.54. The van der Waals surface area contributed by atoms with Crippen molar-refractivity contribution in [3.8, 4) is 0 Å². The first kappa shape index (κ1) is 8.89. The van der Waals surface area contributed by atoms with Gasteiger partial charge in [0, 0.05) is 12.1 Å². The van der Waals surface area contributed by atoms with E-state index in [0.29, 0.717) is 0 Å². The Bertz CT molecular complexity index is 126. The molecule has 1 heterocycles. The molecule has 1 saturated carbocycles. The fraction of sp³-hybridized carbons (Fsp3) is 1.00. The summed E-state index contributed by atoms with van der Waals surface area (Å²) < 4.78 is 0. The summed E-state index contributed by atoms with van der Waals surface area (Å²) >= 11 is 2.12. The molecule has 0 aromatic rings. The van der Waals surface area contributed by atoms with E-state index in [0.717, 1.165) is 12.1 Å². The zero-order chi connectivity index (χ0) is 8.23. The lowest BCUT2D eigenvalue weighted by atomic mass is 10.1. The van der Waals surface area contributed by atoms with Crippen LogP contribution in [0.1, 0.15) is 38.5 Å². The predicted octanol–water partition coefficient (Wildman–Crippen LogP) is 2.41. The first-order chi connectivity index (χ1) is 5.95. The second-order valence-corrected chi connectivity index (χ2v) is 5.26. The molecule has 1 aliphatic heterocycles. The summed E-state index contributed by atoms with van der Waals surface area (Å²) in [5.41, 5.74) is 0. The van der Waals surface area contributed by atoms with Crippen molar-refractivity contribution in [3.05, 3.63) is 0 Å². The molecule has 2 aliphatic rings. The highest BCUT2D eigenvalue weighted by molar-refractivity contribution is 7.99. The van der Waals surface area contributed by atoms with Crippen LogP contribution >= 0.6 is 11.8 Å². The third-order valence-electron chi connectivity index (χ3n) is 3.05. The van der Waals surface area contributed by atoms with E-state index in [2.05, 4.69) is 17.1 Å². The van der Waals surface area contributed by atoms with Crippen molar-refractivity contribution in [2.24, 2.45) is 0 Å². The lowest BCUT2D eigenvalue weighted by molar-refractivity contribution is 0.410. The van der Waals surface area contributed by atoms with E-state index >= 15 is 0 Å². The van der Waals surface area contributed by atoms with Crippen LogP contribution in [0.5, 0.6) is 0 Å². The molecule has 0 aromatic carbocycles. The molecule has 0 unspecified atom stereocenters. The van der Waals surface area contributed by atoms with E-state index in [9.17, 15) is 0 Å². The minimum Gasteiger partial charge on any atom is -0.311 e. The molecule has 2 fully saturated rings. The maximum Gasteiger partial charge on any atom is 0.00853 e. The molecule has 0 spiro atoms. The first-order valence-electron chi connectivity index (χ1n) is 5.29. The quantitative estimate of drug-likeness (QED) is 0.709. The molecule has 0 atom stereocenters. The van der Waals surface area contributed by atoms with Gasteiger partial charge in [-0.1, -0.05) is 12.8 Å². The second kappa shape index (κ2) is 4.52. The summed E-state index contributed by atoms with van der Waals surface area (Å²) in [7, 11) is 0. The van der Waals surface area contributed by atoms with Gasteiger partial charge in [0.1, 0.15) is 0 Å². The summed E-state index contributed by atoms with van der Waals surface area (Å²) in [5.74, 6) is 2.76. The Hall–Kier alpha value is 0.310. The van der Waals surface area contributed by atoms with Gasteiger partial charge in [0.15, 0.2) is 0 Å². The minimum atomic E-state index is 0.856. The molecule has 1 saturated heterocycles. The second-order valence-electron chi connectivity index (χ2n) is 4.03. The number of nitrogens with one attached hydrogen (secondary N) is 1. The fourth-order valence-corrected chi connectivity index (χ4v) is 3.40. The standard InChI is InChI=1S/C10H19NS/c1-2-4-9(3-1)11-10-5-7-12-8-6-10/h9-11H,1-8H2. The Balaban J connectivity index is 1.69. The van der Waals surface area contributed by atoms with E-state index < -0.39 is 0 Å². The third-order valence-corrected chi connectivity index (χ3v) is 4.10. The Morgan fingerprint density at radius 3 is 2.08 bits per heavy atom. The van der Waals surface area contributed by atoms with Gasteiger partial charge in [-0.2, -0.15) is 11.8 Å². The summed E-state index contributed by atoms with van der Waals surface area (Å²) in [6, 6.07) is 1.73. The van der Waals surface area contributed by atoms with Crippen LogP contribution in [0.3, 0.4) is 0 Å². The van der Waals surface area contributed by atoms with Gasteiger partial charge in [0.25, 0.3) is 0 Å². The van der Waals surface area contributed by atoms with Gasteiger partial charge < -0.3 is 5.32 Å². The molecule has 0 amide bonds. The van der Waals surface area contributed by atoms with E-state index in [1.54, 1.807) is 0 Å². The molecule has 1 nitrogen and oxygen atoms in total. The van der Waals surface area contributed by atoms with Crippen molar-refractivity contribution in [1.29, 1.82) is 0 Å². The smallest absolute Gasteiger partial charge is 0.00853 e. The van der Waals surface area contributed by atoms with Crippen LogP contribution in [0.15, 0.2) is 0 Å². The molecular weight excluding hydrogens is 166 g/mol. The largest absolute Gasteiger partial charge is 0.311 e. The average molecular weight is 185 g/mol. The maximum atomic E-state index is 3.80. The van der Waals surface area contributed by atoms with Crippen molar-refractivity contribution >= 4 is 11.8 Å². The molecule has 0 bridgehead atoms. The van der Waals surface area contributed by atoms with Crippen LogP contribution in [0.4, 0.5) is 0 Å². The summed E-state index contributed by atoms with van der Waals surface area (Å²) in [4.78, 5) is 0. The number of rotatable bonds is 2. The third kappa shape index (κ3) is 2.40. The Morgan fingerprint density at radius 1 is 0.833 bits per heavy atom. The van der Waals surface area contributed by atoms with Crippen molar-refractivity contribution in [2.75, 3.05) is 11.5 Å². The Labute approximate surface area is 79.7 Å². The summed E-state index contributed by atoms with van der Waals surface area (Å²) in [6.45, 7) is 0. The van der Waals surface area contributed by atoms with Gasteiger partial charge in [0.05, 0.1) is 0 Å². The maximum absolute atomic E-state index is 3.80. The molecule has 1 N–H and O–H groups in total. The van der Waals surface area contributed by atoms with Crippen LogP contribution in [-0.4, -0.2) is 23.6 Å². The normalized spacial score (nSPS) is 28.0. The lowest BCUT2D eigenvalue weighted by Gasteiger charge is -2.26. The van der Waals surface area contributed by atoms with Gasteiger partial charge in [0.2, 0.25) is 0 Å². The average Bonchev–Trinajstić information content (AvgIpc) is 2.59. The van der Waals surface area contributed by atoms with Gasteiger partial charge in [-0.05, 0) is 37.2 Å². The van der Waals surface area contributed by atoms with Crippen LogP contribution < -0.4 is 5.32 Å². The SMILES string of the molecule is C1CCC(NC2CCSCC2)C1. The zero-order valence-electron chi connectivity index (χ0n) is 7.72. The Kier molecular flexibility index (Phi) is 3.35. The van der Waals surface area contributed by atoms with Gasteiger partial charge in [-0.3, -0.25) is 0 Å². The van der Waals surface area contributed by atoms with Crippen molar-refractivity contribution in [1.82, 2.24) is 5.32 Å². The molecule has 0 radical (unpaired) electrons. The summed E-state index contributed by atoms with van der Waals surface area (Å²) in [6.07, 6.45) is 8.59. The summed E-state index contributed by atoms with van der Waals surface area (Å²) in [5, 5.41) is 3.80. The molecule has 1 aliphatic carbocycles. The number of hydrogen-bond donors (Lipinski definition) is 1. The fourth-order valence-electron chi connectivity index (χ4n) is 2.29. The van der Waals surface area contributed by atoms with Crippen LogP contribution in [0, 0.1) is 0 Å². The van der Waals surface area contributed by atoms with Crippen LogP contribution in [-0.2, 0) is 0 Å². The van der Waals surface area contributed by atoms with Gasteiger partial charge in [-0.25, -0.2) is 0 Å². The highest BCUT2D eigenvalue weighted by Crippen LogP contribution is 2.22. The van der Waals surface area contributed by atoms with Crippen molar-refractivity contribution < 1.29 is 0 Å². The molecule has 70 valence electrons. The van der Waals surface area contributed by atoms with Crippen LogP contribution in [0.25, 0.3) is 0 Å². The van der Waals surface area contributed by atoms with E-state index in [4.69, 9.17) is 0 Å². The monoisotopic (exact) mass is 185 g/mol. The molecule has 2 rings (SSSR count). The first-order valence-corrected chi connectivity index (χ1v) is 6.44. The van der Waals surface area contributed by atoms with Gasteiger partial charge >= 0.3 is 0 Å². The number of thioether (sulfide) groups is 1. The van der Waals surface area contributed by atoms with E-state index in [-0.39, 0.29) is 0 Å². The molecule has 2 heteroatoms. The van der Waals surface area contributed by atoms with Crippen LogP contribution in [0.2, 0.25) is 0 Å². The Morgan fingerprint density at radius 2 is 1.42 bits per heavy atom. The van der Waals surface area contributed by atoms with Gasteiger partial charge in [-0.15, -0.1) is 0 Å². The van der Waals surface area contributed by atoms with E-state index in [1.807, 2.05) is 0 Å². The highest BCUT2D eigenvalue weighted by atomic mass is 32.2. The molecular formula is C10H19NS. The highest BCUT2D eigenvalue weighted by Gasteiger charge is 2.20. The minimum absolute atomic E-state index is 0.856.